The predicted molar refractivity (Wildman–Crippen MR) is 110 cm³/mol. The van der Waals surface area contributed by atoms with Crippen molar-refractivity contribution in [2.24, 2.45) is 0 Å². The van der Waals surface area contributed by atoms with Crippen LogP contribution in [0.4, 0.5) is 0 Å². The van der Waals surface area contributed by atoms with Crippen LogP contribution < -0.4 is 4.74 Å². The second-order valence-corrected chi connectivity index (χ2v) is 7.97. The largest absolute Gasteiger partial charge is 0.491 e. The first-order valence-corrected chi connectivity index (χ1v) is 10.7. The van der Waals surface area contributed by atoms with Crippen molar-refractivity contribution < 1.29 is 14.2 Å². The van der Waals surface area contributed by atoms with Gasteiger partial charge in [-0.05, 0) is 50.8 Å². The van der Waals surface area contributed by atoms with Crippen LogP contribution in [0.1, 0.15) is 45.3 Å². The lowest BCUT2D eigenvalue weighted by Crippen LogP contribution is -2.19. The Hall–Kier alpha value is -2.38. The van der Waals surface area contributed by atoms with Gasteiger partial charge < -0.3 is 14.2 Å². The molecule has 0 radical (unpaired) electrons. The molecular formula is C22H28N4O3. The molecule has 1 fully saturated rings. The van der Waals surface area contributed by atoms with E-state index in [-0.39, 0.29) is 12.3 Å². The van der Waals surface area contributed by atoms with Crippen LogP contribution in [0.15, 0.2) is 30.6 Å². The third kappa shape index (κ3) is 3.89. The maximum absolute atomic E-state index is 6.17. The lowest BCUT2D eigenvalue weighted by Gasteiger charge is -2.23. The molecule has 7 nitrogen and oxygen atoms in total. The molecule has 2 atom stereocenters. The van der Waals surface area contributed by atoms with Gasteiger partial charge in [-0.1, -0.05) is 0 Å². The van der Waals surface area contributed by atoms with Gasteiger partial charge in [0.15, 0.2) is 6.23 Å². The van der Waals surface area contributed by atoms with Crippen LogP contribution in [0.2, 0.25) is 0 Å². The third-order valence-corrected chi connectivity index (χ3v) is 5.69. The Balaban J connectivity index is 1.60. The van der Waals surface area contributed by atoms with E-state index in [0.29, 0.717) is 6.61 Å². The van der Waals surface area contributed by atoms with E-state index in [9.17, 15) is 0 Å². The smallest absolute Gasteiger partial charge is 0.150 e. The molecule has 7 heteroatoms. The first kappa shape index (κ1) is 18.6. The topological polar surface area (TPSA) is 63.3 Å². The molecule has 154 valence electrons. The van der Waals surface area contributed by atoms with E-state index in [4.69, 9.17) is 19.3 Å². The Kier molecular flexibility index (Phi) is 5.24. The highest BCUT2D eigenvalue weighted by atomic mass is 16.5. The molecule has 29 heavy (non-hydrogen) atoms. The molecule has 0 N–H and O–H groups in total. The van der Waals surface area contributed by atoms with Gasteiger partial charge in [-0.2, -0.15) is 10.2 Å². The van der Waals surface area contributed by atoms with Crippen molar-refractivity contribution in [1.82, 2.24) is 19.6 Å². The van der Waals surface area contributed by atoms with Crippen molar-refractivity contribution in [3.8, 4) is 17.0 Å². The zero-order chi connectivity index (χ0) is 19.6. The molecule has 0 amide bonds. The number of fused-ring (bicyclic) bond motifs is 4. The second kappa shape index (κ2) is 8.16. The summed E-state index contributed by atoms with van der Waals surface area (Å²) in [6.45, 7) is 5.15. The summed E-state index contributed by atoms with van der Waals surface area (Å²) in [5.41, 5.74) is 3.03. The molecule has 1 saturated heterocycles. The SMILES string of the molecule is C[C@@H]1CCOCCCn2cc(cn2)-c2nn(C3CCCCO3)c3ccc(cc23)O1. The van der Waals surface area contributed by atoms with E-state index in [1.54, 1.807) is 0 Å². The molecule has 4 heterocycles. The molecule has 1 unspecified atom stereocenters. The van der Waals surface area contributed by atoms with Gasteiger partial charge in [0.2, 0.25) is 0 Å². The molecule has 3 aromatic rings. The van der Waals surface area contributed by atoms with Gasteiger partial charge >= 0.3 is 0 Å². The van der Waals surface area contributed by atoms with Gasteiger partial charge in [0, 0.05) is 43.3 Å². The highest BCUT2D eigenvalue weighted by Gasteiger charge is 2.23. The third-order valence-electron chi connectivity index (χ3n) is 5.69. The summed E-state index contributed by atoms with van der Waals surface area (Å²) in [6, 6.07) is 6.24. The summed E-state index contributed by atoms with van der Waals surface area (Å²) < 4.78 is 22.0. The predicted octanol–water partition coefficient (Wildman–Crippen LogP) is 4.18. The van der Waals surface area contributed by atoms with Gasteiger partial charge in [-0.3, -0.25) is 4.68 Å². The van der Waals surface area contributed by atoms with Crippen molar-refractivity contribution in [1.29, 1.82) is 0 Å². The van der Waals surface area contributed by atoms with Gasteiger partial charge in [0.25, 0.3) is 0 Å². The number of nitrogens with zero attached hydrogens (tertiary/aromatic N) is 4. The maximum atomic E-state index is 6.17. The van der Waals surface area contributed by atoms with Gasteiger partial charge in [0.05, 0.1) is 24.4 Å². The molecule has 2 aromatic heterocycles. The number of hydrogen-bond donors (Lipinski definition) is 0. The molecule has 0 spiro atoms. The molecule has 2 aliphatic heterocycles. The first-order chi connectivity index (χ1) is 14.3. The fourth-order valence-corrected chi connectivity index (χ4v) is 4.12. The second-order valence-electron chi connectivity index (χ2n) is 7.97. The van der Waals surface area contributed by atoms with E-state index >= 15 is 0 Å². The Morgan fingerprint density at radius 2 is 2.03 bits per heavy atom. The Morgan fingerprint density at radius 3 is 2.93 bits per heavy atom. The Morgan fingerprint density at radius 1 is 1.07 bits per heavy atom. The molecule has 0 saturated carbocycles. The van der Waals surface area contributed by atoms with Crippen LogP contribution in [0.3, 0.4) is 0 Å². The average Bonchev–Trinajstić information content (AvgIpc) is 3.35. The van der Waals surface area contributed by atoms with Gasteiger partial charge in [-0.15, -0.1) is 0 Å². The molecule has 1 aromatic carbocycles. The van der Waals surface area contributed by atoms with Crippen LogP contribution in [0.25, 0.3) is 22.2 Å². The molecule has 5 rings (SSSR count). The van der Waals surface area contributed by atoms with Crippen molar-refractivity contribution in [3.63, 3.8) is 0 Å². The highest BCUT2D eigenvalue weighted by Crippen LogP contribution is 2.35. The summed E-state index contributed by atoms with van der Waals surface area (Å²) in [6.07, 6.45) is 9.14. The Labute approximate surface area is 170 Å². The van der Waals surface area contributed by atoms with E-state index in [1.165, 1.54) is 6.42 Å². The molecule has 4 bridgehead atoms. The van der Waals surface area contributed by atoms with E-state index in [0.717, 1.165) is 73.4 Å². The van der Waals surface area contributed by atoms with E-state index in [2.05, 4.69) is 30.4 Å². The van der Waals surface area contributed by atoms with E-state index < -0.39 is 0 Å². The molecule has 2 aliphatic rings. The number of aromatic nitrogens is 4. The zero-order valence-corrected chi connectivity index (χ0v) is 16.9. The highest BCUT2D eigenvalue weighted by molar-refractivity contribution is 5.94. The number of benzene rings is 1. The van der Waals surface area contributed by atoms with Gasteiger partial charge in [-0.25, -0.2) is 4.68 Å². The van der Waals surface area contributed by atoms with E-state index in [1.807, 2.05) is 21.6 Å². The number of hydrogen-bond acceptors (Lipinski definition) is 5. The standard InChI is InChI=1S/C22H28N4O3/c1-16-8-12-27-10-4-9-25-15-17(14-23-25)22-19-13-18(29-16)6-7-20(19)26(24-22)21-5-2-3-11-28-21/h6-7,13-16,21H,2-5,8-12H2,1H3/t16-,21?/m1/s1. The summed E-state index contributed by atoms with van der Waals surface area (Å²) >= 11 is 0. The zero-order valence-electron chi connectivity index (χ0n) is 16.9. The minimum atomic E-state index is -0.0107. The lowest BCUT2D eigenvalue weighted by molar-refractivity contribution is -0.0365. The quantitative estimate of drug-likeness (QED) is 0.618. The number of ether oxygens (including phenoxy) is 3. The van der Waals surface area contributed by atoms with Gasteiger partial charge in [0.1, 0.15) is 11.4 Å². The van der Waals surface area contributed by atoms with Crippen molar-refractivity contribution in [2.45, 2.75) is 57.9 Å². The van der Waals surface area contributed by atoms with Crippen molar-refractivity contribution in [3.05, 3.63) is 30.6 Å². The number of rotatable bonds is 1. The minimum absolute atomic E-state index is 0.0107. The van der Waals surface area contributed by atoms with Crippen LogP contribution >= 0.6 is 0 Å². The Bertz CT molecular complexity index is 974. The van der Waals surface area contributed by atoms with Crippen LogP contribution in [-0.4, -0.2) is 45.5 Å². The molecule has 0 aliphatic carbocycles. The summed E-state index contributed by atoms with van der Waals surface area (Å²) in [5.74, 6) is 0.859. The van der Waals surface area contributed by atoms with Crippen LogP contribution in [0, 0.1) is 0 Å². The normalized spacial score (nSPS) is 23.5. The maximum Gasteiger partial charge on any atom is 0.150 e. The monoisotopic (exact) mass is 396 g/mol. The van der Waals surface area contributed by atoms with Crippen LogP contribution in [0.5, 0.6) is 5.75 Å². The number of aryl methyl sites for hydroxylation is 1. The van der Waals surface area contributed by atoms with Crippen molar-refractivity contribution in [2.75, 3.05) is 19.8 Å². The summed E-state index contributed by atoms with van der Waals surface area (Å²) in [7, 11) is 0. The fourth-order valence-electron chi connectivity index (χ4n) is 4.12. The lowest BCUT2D eigenvalue weighted by atomic mass is 10.1. The summed E-state index contributed by atoms with van der Waals surface area (Å²) in [5, 5.41) is 10.6. The van der Waals surface area contributed by atoms with Crippen LogP contribution in [-0.2, 0) is 16.0 Å². The molecular weight excluding hydrogens is 368 g/mol. The first-order valence-electron chi connectivity index (χ1n) is 10.7. The van der Waals surface area contributed by atoms with Crippen molar-refractivity contribution >= 4 is 10.9 Å². The summed E-state index contributed by atoms with van der Waals surface area (Å²) in [4.78, 5) is 0. The average molecular weight is 396 g/mol. The minimum Gasteiger partial charge on any atom is -0.491 e. The fraction of sp³-hybridized carbons (Fsp3) is 0.545.